The van der Waals surface area contributed by atoms with Crippen LogP contribution in [0.3, 0.4) is 0 Å². The van der Waals surface area contributed by atoms with Gasteiger partial charge in [-0.05, 0) is 43.9 Å². The maximum atomic E-state index is 12.7. The zero-order valence-corrected chi connectivity index (χ0v) is 11.4. The van der Waals surface area contributed by atoms with Crippen molar-refractivity contribution < 1.29 is 4.79 Å². The summed E-state index contributed by atoms with van der Waals surface area (Å²) in [4.78, 5) is 14.7. The van der Waals surface area contributed by atoms with Gasteiger partial charge >= 0.3 is 0 Å². The fraction of sp³-hybridized carbons (Fsp3) is 0.438. The molecule has 1 fully saturated rings. The van der Waals surface area contributed by atoms with E-state index < -0.39 is 0 Å². The average molecular weight is 256 g/mol. The molecule has 0 aromatic heterocycles. The van der Waals surface area contributed by atoms with Crippen LogP contribution in [0.1, 0.15) is 31.7 Å². The van der Waals surface area contributed by atoms with Crippen molar-refractivity contribution in [1.82, 2.24) is 4.90 Å². The van der Waals surface area contributed by atoms with Gasteiger partial charge in [0.05, 0.1) is 5.41 Å². The maximum absolute atomic E-state index is 12.7. The lowest BCUT2D eigenvalue weighted by Gasteiger charge is -2.29. The van der Waals surface area contributed by atoms with Gasteiger partial charge in [-0.3, -0.25) is 4.79 Å². The highest BCUT2D eigenvalue weighted by atomic mass is 16.2. The fourth-order valence-corrected chi connectivity index (χ4v) is 2.81. The highest BCUT2D eigenvalue weighted by Gasteiger charge is 2.52. The monoisotopic (exact) mass is 256 g/mol. The molecule has 0 unspecified atom stereocenters. The average Bonchev–Trinajstić information content (AvgIpc) is 3.21. The highest BCUT2D eigenvalue weighted by Crippen LogP contribution is 2.49. The molecule has 19 heavy (non-hydrogen) atoms. The van der Waals surface area contributed by atoms with Gasteiger partial charge in [0.15, 0.2) is 0 Å². The lowest BCUT2D eigenvalue weighted by Crippen LogP contribution is -2.41. The molecule has 2 aliphatic rings. The number of nitrogen functional groups attached to an aromatic ring is 1. The Morgan fingerprint density at radius 3 is 2.47 bits per heavy atom. The second kappa shape index (κ2) is 4.41. The van der Waals surface area contributed by atoms with Crippen LogP contribution in [0.2, 0.25) is 0 Å². The Morgan fingerprint density at radius 2 is 1.95 bits per heavy atom. The third-order valence-electron chi connectivity index (χ3n) is 4.35. The third-order valence-corrected chi connectivity index (χ3v) is 4.35. The number of carbonyl (C=O) groups is 1. The van der Waals surface area contributed by atoms with Crippen LogP contribution < -0.4 is 5.73 Å². The SMILES string of the molecule is CC1=CCN(C(=O)C2(c3ccc(N)cc3)CC2)CC1. The van der Waals surface area contributed by atoms with E-state index in [-0.39, 0.29) is 5.41 Å². The molecule has 0 atom stereocenters. The number of anilines is 1. The van der Waals surface area contributed by atoms with E-state index in [1.54, 1.807) is 0 Å². The number of nitrogens with zero attached hydrogens (tertiary/aromatic N) is 1. The minimum atomic E-state index is -0.257. The summed E-state index contributed by atoms with van der Waals surface area (Å²) in [5.41, 5.74) is 8.73. The molecule has 2 N–H and O–H groups in total. The van der Waals surface area contributed by atoms with Gasteiger partial charge in [-0.2, -0.15) is 0 Å². The van der Waals surface area contributed by atoms with E-state index >= 15 is 0 Å². The normalized spacial score (nSPS) is 20.9. The molecule has 3 heteroatoms. The van der Waals surface area contributed by atoms with Gasteiger partial charge in [-0.25, -0.2) is 0 Å². The number of amides is 1. The van der Waals surface area contributed by atoms with Crippen molar-refractivity contribution in [3.8, 4) is 0 Å². The predicted octanol–water partition coefficient (Wildman–Crippen LogP) is 2.48. The van der Waals surface area contributed by atoms with Crippen molar-refractivity contribution in [2.45, 2.75) is 31.6 Å². The standard InChI is InChI=1S/C16H20N2O/c1-12-6-10-18(11-7-12)15(19)16(8-9-16)13-2-4-14(17)5-3-13/h2-6H,7-11,17H2,1H3. The number of hydrogen-bond acceptors (Lipinski definition) is 2. The van der Waals surface area contributed by atoms with Gasteiger partial charge in [0.1, 0.15) is 0 Å². The van der Waals surface area contributed by atoms with E-state index in [1.807, 2.05) is 29.2 Å². The Morgan fingerprint density at radius 1 is 1.26 bits per heavy atom. The van der Waals surface area contributed by atoms with Gasteiger partial charge in [-0.1, -0.05) is 23.8 Å². The predicted molar refractivity (Wildman–Crippen MR) is 76.7 cm³/mol. The van der Waals surface area contributed by atoms with Crippen LogP contribution >= 0.6 is 0 Å². The molecule has 0 spiro atoms. The molecule has 100 valence electrons. The molecule has 1 aromatic carbocycles. The Hall–Kier alpha value is -1.77. The Labute approximate surface area is 114 Å². The number of carbonyl (C=O) groups excluding carboxylic acids is 1. The molecule has 0 radical (unpaired) electrons. The summed E-state index contributed by atoms with van der Waals surface area (Å²) < 4.78 is 0. The second-order valence-corrected chi connectivity index (χ2v) is 5.76. The van der Waals surface area contributed by atoms with Crippen molar-refractivity contribution in [2.75, 3.05) is 18.8 Å². The Bertz CT molecular complexity index is 526. The van der Waals surface area contributed by atoms with Gasteiger partial charge in [0.25, 0.3) is 0 Å². The molecule has 1 aliphatic heterocycles. The van der Waals surface area contributed by atoms with Crippen LogP contribution in [0.5, 0.6) is 0 Å². The molecule has 3 nitrogen and oxygen atoms in total. The zero-order valence-electron chi connectivity index (χ0n) is 11.4. The van der Waals surface area contributed by atoms with Crippen LogP contribution in [0, 0.1) is 0 Å². The summed E-state index contributed by atoms with van der Waals surface area (Å²) in [5.74, 6) is 0.293. The lowest BCUT2D eigenvalue weighted by atomic mass is 9.93. The Balaban J connectivity index is 1.81. The van der Waals surface area contributed by atoms with Crippen LogP contribution in [-0.2, 0) is 10.2 Å². The summed E-state index contributed by atoms with van der Waals surface area (Å²) in [6, 6.07) is 7.79. The second-order valence-electron chi connectivity index (χ2n) is 5.76. The van der Waals surface area contributed by atoms with Crippen LogP contribution in [0.4, 0.5) is 5.69 Å². The van der Waals surface area contributed by atoms with Gasteiger partial charge in [0.2, 0.25) is 5.91 Å². The largest absolute Gasteiger partial charge is 0.399 e. The number of benzene rings is 1. The molecule has 1 aliphatic carbocycles. The first kappa shape index (κ1) is 12.3. The molecular formula is C16H20N2O. The summed E-state index contributed by atoms with van der Waals surface area (Å²) in [6.45, 7) is 3.76. The van der Waals surface area contributed by atoms with Gasteiger partial charge in [-0.15, -0.1) is 0 Å². The van der Waals surface area contributed by atoms with Crippen molar-refractivity contribution in [1.29, 1.82) is 0 Å². The smallest absolute Gasteiger partial charge is 0.233 e. The van der Waals surface area contributed by atoms with E-state index in [0.717, 1.165) is 43.6 Å². The topological polar surface area (TPSA) is 46.3 Å². The molecule has 0 saturated heterocycles. The molecular weight excluding hydrogens is 236 g/mol. The van der Waals surface area contributed by atoms with Crippen LogP contribution in [0.25, 0.3) is 0 Å². The highest BCUT2D eigenvalue weighted by molar-refractivity contribution is 5.91. The van der Waals surface area contributed by atoms with E-state index in [0.29, 0.717) is 5.91 Å². The molecule has 1 aromatic rings. The number of rotatable bonds is 2. The van der Waals surface area contributed by atoms with Crippen LogP contribution in [0.15, 0.2) is 35.9 Å². The van der Waals surface area contributed by atoms with E-state index in [2.05, 4.69) is 13.0 Å². The first-order valence-electron chi connectivity index (χ1n) is 6.93. The minimum Gasteiger partial charge on any atom is -0.399 e. The van der Waals surface area contributed by atoms with Crippen molar-refractivity contribution in [3.63, 3.8) is 0 Å². The molecule has 0 bridgehead atoms. The first-order valence-corrected chi connectivity index (χ1v) is 6.93. The quantitative estimate of drug-likeness (QED) is 0.652. The molecule has 1 saturated carbocycles. The van der Waals surface area contributed by atoms with Crippen LogP contribution in [-0.4, -0.2) is 23.9 Å². The van der Waals surface area contributed by atoms with Gasteiger partial charge in [0, 0.05) is 18.8 Å². The van der Waals surface area contributed by atoms with E-state index in [1.165, 1.54) is 5.57 Å². The van der Waals surface area contributed by atoms with E-state index in [4.69, 9.17) is 5.73 Å². The number of nitrogens with two attached hydrogens (primary N) is 1. The fourth-order valence-electron chi connectivity index (χ4n) is 2.81. The third kappa shape index (κ3) is 2.14. The number of hydrogen-bond donors (Lipinski definition) is 1. The molecule has 1 heterocycles. The first-order chi connectivity index (χ1) is 9.12. The summed E-state index contributed by atoms with van der Waals surface area (Å²) in [5, 5.41) is 0. The summed E-state index contributed by atoms with van der Waals surface area (Å²) >= 11 is 0. The lowest BCUT2D eigenvalue weighted by molar-refractivity contribution is -0.133. The van der Waals surface area contributed by atoms with Crippen molar-refractivity contribution >= 4 is 11.6 Å². The van der Waals surface area contributed by atoms with Crippen molar-refractivity contribution in [2.24, 2.45) is 0 Å². The summed E-state index contributed by atoms with van der Waals surface area (Å²) in [7, 11) is 0. The zero-order chi connectivity index (χ0) is 13.5. The molecule has 3 rings (SSSR count). The van der Waals surface area contributed by atoms with Gasteiger partial charge < -0.3 is 10.6 Å². The molecule has 1 amide bonds. The Kier molecular flexibility index (Phi) is 2.85. The minimum absolute atomic E-state index is 0.257. The van der Waals surface area contributed by atoms with E-state index in [9.17, 15) is 4.79 Å². The van der Waals surface area contributed by atoms with Crippen molar-refractivity contribution in [3.05, 3.63) is 41.5 Å². The maximum Gasteiger partial charge on any atom is 0.233 e. The summed E-state index contributed by atoms with van der Waals surface area (Å²) in [6.07, 6.45) is 5.11.